The summed E-state index contributed by atoms with van der Waals surface area (Å²) in [7, 11) is 2.91. The van der Waals surface area contributed by atoms with Crippen LogP contribution in [0.25, 0.3) is 0 Å². The predicted octanol–water partition coefficient (Wildman–Crippen LogP) is 2.40. The molecule has 1 rings (SSSR count). The predicted molar refractivity (Wildman–Crippen MR) is 62.8 cm³/mol. The zero-order chi connectivity index (χ0) is 12.1. The average Bonchev–Trinajstić information content (AvgIpc) is 2.30. The second-order valence-electron chi connectivity index (χ2n) is 3.08. The summed E-state index contributed by atoms with van der Waals surface area (Å²) in [6.07, 6.45) is -0.644. The van der Waals surface area contributed by atoms with Crippen LogP contribution in [0, 0.1) is 0 Å². The van der Waals surface area contributed by atoms with E-state index in [1.54, 1.807) is 32.2 Å². The van der Waals surface area contributed by atoms with E-state index in [-0.39, 0.29) is 0 Å². The van der Waals surface area contributed by atoms with Crippen LogP contribution in [0.3, 0.4) is 0 Å². The summed E-state index contributed by atoms with van der Waals surface area (Å²) in [6.45, 7) is 1.63. The van der Waals surface area contributed by atoms with Gasteiger partial charge < -0.3 is 14.2 Å². The summed E-state index contributed by atoms with van der Waals surface area (Å²) >= 11 is 3.33. The van der Waals surface area contributed by atoms with Gasteiger partial charge in [0.15, 0.2) is 6.10 Å². The van der Waals surface area contributed by atoms with Crippen LogP contribution in [0.1, 0.15) is 6.92 Å². The fourth-order valence-corrected chi connectivity index (χ4v) is 1.56. The summed E-state index contributed by atoms with van der Waals surface area (Å²) in [6, 6.07) is 5.24. The molecule has 4 nitrogen and oxygen atoms in total. The smallest absolute Gasteiger partial charge is 0.346 e. The number of carbonyl (C=O) groups excluding carboxylic acids is 1. The second kappa shape index (κ2) is 5.75. The lowest BCUT2D eigenvalue weighted by atomic mass is 10.3. The molecule has 0 fully saturated rings. The number of benzene rings is 1. The molecule has 1 atom stereocenters. The van der Waals surface area contributed by atoms with Gasteiger partial charge in [-0.2, -0.15) is 0 Å². The first kappa shape index (κ1) is 12.8. The van der Waals surface area contributed by atoms with Crippen LogP contribution in [-0.2, 0) is 9.53 Å². The molecule has 0 saturated heterocycles. The zero-order valence-corrected chi connectivity index (χ0v) is 10.9. The lowest BCUT2D eigenvalue weighted by molar-refractivity contribution is -0.147. The molecule has 0 amide bonds. The molecule has 0 aliphatic rings. The minimum Gasteiger partial charge on any atom is -0.497 e. The van der Waals surface area contributed by atoms with Crippen molar-refractivity contribution in [2.75, 3.05) is 14.2 Å². The van der Waals surface area contributed by atoms with Crippen molar-refractivity contribution in [1.29, 1.82) is 0 Å². The Kier molecular flexibility index (Phi) is 4.61. The van der Waals surface area contributed by atoms with Crippen LogP contribution >= 0.6 is 15.9 Å². The summed E-state index contributed by atoms with van der Waals surface area (Å²) < 4.78 is 15.8. The van der Waals surface area contributed by atoms with Gasteiger partial charge in [-0.25, -0.2) is 4.79 Å². The maximum absolute atomic E-state index is 11.2. The highest BCUT2D eigenvalue weighted by Crippen LogP contribution is 2.29. The van der Waals surface area contributed by atoms with Gasteiger partial charge in [0.25, 0.3) is 0 Å². The number of carbonyl (C=O) groups is 1. The van der Waals surface area contributed by atoms with E-state index in [4.69, 9.17) is 9.47 Å². The maximum Gasteiger partial charge on any atom is 0.346 e. The van der Waals surface area contributed by atoms with Crippen molar-refractivity contribution in [3.8, 4) is 11.5 Å². The highest BCUT2D eigenvalue weighted by atomic mass is 79.9. The second-order valence-corrected chi connectivity index (χ2v) is 3.93. The highest BCUT2D eigenvalue weighted by Gasteiger charge is 2.16. The topological polar surface area (TPSA) is 44.8 Å². The van der Waals surface area contributed by atoms with E-state index in [9.17, 15) is 4.79 Å². The van der Waals surface area contributed by atoms with E-state index in [2.05, 4.69) is 20.7 Å². The summed E-state index contributed by atoms with van der Waals surface area (Å²) in [5.41, 5.74) is 0. The number of hydrogen-bond donors (Lipinski definition) is 0. The van der Waals surface area contributed by atoms with E-state index in [1.807, 2.05) is 0 Å². The van der Waals surface area contributed by atoms with E-state index >= 15 is 0 Å². The van der Waals surface area contributed by atoms with Gasteiger partial charge in [0.05, 0.1) is 18.7 Å². The first-order chi connectivity index (χ1) is 7.58. The molecular weight excluding hydrogens is 276 g/mol. The molecule has 0 aromatic heterocycles. The largest absolute Gasteiger partial charge is 0.497 e. The molecule has 0 radical (unpaired) electrons. The summed E-state index contributed by atoms with van der Waals surface area (Å²) in [5.74, 6) is 0.867. The zero-order valence-electron chi connectivity index (χ0n) is 9.32. The van der Waals surface area contributed by atoms with Crippen LogP contribution in [0.15, 0.2) is 22.7 Å². The van der Waals surface area contributed by atoms with E-state index in [0.29, 0.717) is 11.5 Å². The minimum absolute atomic E-state index is 0.414. The Morgan fingerprint density at radius 3 is 2.56 bits per heavy atom. The van der Waals surface area contributed by atoms with Crippen LogP contribution in [0.4, 0.5) is 0 Å². The first-order valence-corrected chi connectivity index (χ1v) is 5.45. The molecule has 88 valence electrons. The van der Waals surface area contributed by atoms with Gasteiger partial charge in [0, 0.05) is 0 Å². The molecular formula is C11H13BrO4. The molecule has 1 aromatic rings. The van der Waals surface area contributed by atoms with Crippen molar-refractivity contribution in [1.82, 2.24) is 0 Å². The van der Waals surface area contributed by atoms with E-state index < -0.39 is 12.1 Å². The Morgan fingerprint density at radius 2 is 2.06 bits per heavy atom. The van der Waals surface area contributed by atoms with Crippen molar-refractivity contribution < 1.29 is 19.0 Å². The monoisotopic (exact) mass is 288 g/mol. The van der Waals surface area contributed by atoms with Crippen molar-refractivity contribution >= 4 is 21.9 Å². The Hall–Kier alpha value is -1.23. The van der Waals surface area contributed by atoms with Crippen LogP contribution in [0.5, 0.6) is 11.5 Å². The van der Waals surface area contributed by atoms with Crippen molar-refractivity contribution in [3.05, 3.63) is 22.7 Å². The molecule has 0 N–H and O–H groups in total. The fraction of sp³-hybridized carbons (Fsp3) is 0.364. The van der Waals surface area contributed by atoms with Gasteiger partial charge in [-0.05, 0) is 41.1 Å². The molecule has 0 aliphatic heterocycles. The van der Waals surface area contributed by atoms with Crippen molar-refractivity contribution in [2.45, 2.75) is 13.0 Å². The van der Waals surface area contributed by atoms with Gasteiger partial charge in [0.1, 0.15) is 11.5 Å². The SMILES string of the molecule is COC(=O)[C@H](C)Oc1ccc(OC)cc1Br. The number of hydrogen-bond acceptors (Lipinski definition) is 4. The van der Waals surface area contributed by atoms with Gasteiger partial charge in [-0.3, -0.25) is 0 Å². The molecule has 0 unspecified atom stereocenters. The Morgan fingerprint density at radius 1 is 1.38 bits per heavy atom. The molecule has 5 heteroatoms. The number of esters is 1. The van der Waals surface area contributed by atoms with E-state index in [0.717, 1.165) is 4.47 Å². The third kappa shape index (κ3) is 3.13. The third-order valence-electron chi connectivity index (χ3n) is 1.98. The van der Waals surface area contributed by atoms with Gasteiger partial charge in [0.2, 0.25) is 0 Å². The van der Waals surface area contributed by atoms with Crippen LogP contribution in [0.2, 0.25) is 0 Å². The number of ether oxygens (including phenoxy) is 3. The first-order valence-electron chi connectivity index (χ1n) is 4.66. The van der Waals surface area contributed by atoms with E-state index in [1.165, 1.54) is 7.11 Å². The average molecular weight is 289 g/mol. The molecule has 0 spiro atoms. The standard InChI is InChI=1S/C11H13BrO4/c1-7(11(13)15-3)16-10-5-4-8(14-2)6-9(10)12/h4-7H,1-3H3/t7-/m0/s1. The molecule has 1 aromatic carbocycles. The lowest BCUT2D eigenvalue weighted by Gasteiger charge is -2.14. The highest BCUT2D eigenvalue weighted by molar-refractivity contribution is 9.10. The van der Waals surface area contributed by atoms with Gasteiger partial charge in [-0.1, -0.05) is 0 Å². The minimum atomic E-state index is -0.644. The normalized spacial score (nSPS) is 11.8. The van der Waals surface area contributed by atoms with Crippen LogP contribution in [-0.4, -0.2) is 26.3 Å². The molecule has 16 heavy (non-hydrogen) atoms. The Bertz CT molecular complexity index is 378. The van der Waals surface area contributed by atoms with Gasteiger partial charge >= 0.3 is 5.97 Å². The van der Waals surface area contributed by atoms with Crippen LogP contribution < -0.4 is 9.47 Å². The number of halogens is 1. The molecule has 0 heterocycles. The molecule has 0 bridgehead atoms. The Labute approximate surface area is 103 Å². The van der Waals surface area contributed by atoms with Crippen molar-refractivity contribution in [2.24, 2.45) is 0 Å². The lowest BCUT2D eigenvalue weighted by Crippen LogP contribution is -2.25. The van der Waals surface area contributed by atoms with Gasteiger partial charge in [-0.15, -0.1) is 0 Å². The maximum atomic E-state index is 11.2. The summed E-state index contributed by atoms with van der Waals surface area (Å²) in [4.78, 5) is 11.2. The number of methoxy groups -OCH3 is 2. The molecule has 0 aliphatic carbocycles. The van der Waals surface area contributed by atoms with Crippen molar-refractivity contribution in [3.63, 3.8) is 0 Å². The number of rotatable bonds is 4. The Balaban J connectivity index is 2.78. The fourth-order valence-electron chi connectivity index (χ4n) is 1.11. The third-order valence-corrected chi connectivity index (χ3v) is 2.60. The quantitative estimate of drug-likeness (QED) is 0.798. The summed E-state index contributed by atoms with van der Waals surface area (Å²) in [5, 5.41) is 0. The molecule has 0 saturated carbocycles.